The van der Waals surface area contributed by atoms with E-state index >= 15 is 0 Å². The number of anilines is 1. The predicted octanol–water partition coefficient (Wildman–Crippen LogP) is 2.13. The third kappa shape index (κ3) is 5.09. The summed E-state index contributed by atoms with van der Waals surface area (Å²) >= 11 is 0. The minimum atomic E-state index is -0.710. The molecule has 8 heteroatoms. The van der Waals surface area contributed by atoms with Gasteiger partial charge >= 0.3 is 12.0 Å². The van der Waals surface area contributed by atoms with Crippen LogP contribution in [-0.4, -0.2) is 43.0 Å². The molecule has 3 rings (SSSR count). The zero-order chi connectivity index (χ0) is 19.9. The van der Waals surface area contributed by atoms with E-state index in [0.717, 1.165) is 32.1 Å². The lowest BCUT2D eigenvalue weighted by atomic mass is 9.96. The average molecular weight is 387 g/mol. The summed E-state index contributed by atoms with van der Waals surface area (Å²) in [4.78, 5) is 49.7. The number of urea groups is 1. The van der Waals surface area contributed by atoms with Crippen molar-refractivity contribution >= 4 is 29.5 Å². The van der Waals surface area contributed by atoms with Crippen molar-refractivity contribution in [3.63, 3.8) is 0 Å². The van der Waals surface area contributed by atoms with Crippen LogP contribution in [-0.2, 0) is 14.3 Å². The SMILES string of the molecule is O=C(COC(=O)c1ccccc1N1CCCC1=O)NC(=O)NC1CCCCC1. The number of carbonyl (C=O) groups is 4. The van der Waals surface area contributed by atoms with E-state index in [1.165, 1.54) is 6.42 Å². The van der Waals surface area contributed by atoms with Gasteiger partial charge in [-0.25, -0.2) is 9.59 Å². The number of rotatable bonds is 5. The van der Waals surface area contributed by atoms with Crippen molar-refractivity contribution in [3.8, 4) is 0 Å². The number of amides is 4. The molecule has 0 aromatic heterocycles. The van der Waals surface area contributed by atoms with E-state index in [1.54, 1.807) is 29.2 Å². The fraction of sp³-hybridized carbons (Fsp3) is 0.500. The number of nitrogens with zero attached hydrogens (tertiary/aromatic N) is 1. The first-order valence-electron chi connectivity index (χ1n) is 9.71. The van der Waals surface area contributed by atoms with Gasteiger partial charge in [-0.2, -0.15) is 0 Å². The molecule has 1 heterocycles. The molecule has 0 bridgehead atoms. The maximum absolute atomic E-state index is 12.4. The van der Waals surface area contributed by atoms with Crippen LogP contribution in [0.5, 0.6) is 0 Å². The van der Waals surface area contributed by atoms with Crippen molar-refractivity contribution in [2.75, 3.05) is 18.1 Å². The van der Waals surface area contributed by atoms with Crippen LogP contribution in [0, 0.1) is 0 Å². The van der Waals surface area contributed by atoms with Gasteiger partial charge in [0.1, 0.15) is 0 Å². The summed E-state index contributed by atoms with van der Waals surface area (Å²) < 4.78 is 5.05. The molecule has 0 radical (unpaired) electrons. The van der Waals surface area contributed by atoms with Crippen LogP contribution in [0.15, 0.2) is 24.3 Å². The maximum atomic E-state index is 12.4. The number of hydrogen-bond donors (Lipinski definition) is 2. The molecule has 1 aromatic carbocycles. The van der Waals surface area contributed by atoms with Crippen LogP contribution < -0.4 is 15.5 Å². The van der Waals surface area contributed by atoms with Gasteiger partial charge in [-0.1, -0.05) is 31.4 Å². The second kappa shape index (κ2) is 9.34. The van der Waals surface area contributed by atoms with E-state index in [1.807, 2.05) is 0 Å². The van der Waals surface area contributed by atoms with Gasteiger partial charge in [0, 0.05) is 19.0 Å². The Bertz CT molecular complexity index is 758. The van der Waals surface area contributed by atoms with Crippen LogP contribution in [0.1, 0.15) is 55.3 Å². The van der Waals surface area contributed by atoms with Crippen molar-refractivity contribution in [2.45, 2.75) is 51.0 Å². The normalized spacial score (nSPS) is 17.3. The van der Waals surface area contributed by atoms with Crippen LogP contribution >= 0.6 is 0 Å². The summed E-state index contributed by atoms with van der Waals surface area (Å²) in [5.74, 6) is -1.45. The zero-order valence-electron chi connectivity index (χ0n) is 15.7. The summed E-state index contributed by atoms with van der Waals surface area (Å²) in [6.07, 6.45) is 6.29. The zero-order valence-corrected chi connectivity index (χ0v) is 15.7. The van der Waals surface area contributed by atoms with Crippen molar-refractivity contribution in [1.82, 2.24) is 10.6 Å². The van der Waals surface area contributed by atoms with Gasteiger partial charge in [0.15, 0.2) is 6.61 Å². The number of hydrogen-bond acceptors (Lipinski definition) is 5. The number of nitrogens with one attached hydrogen (secondary N) is 2. The van der Waals surface area contributed by atoms with Gasteiger partial charge in [0.25, 0.3) is 5.91 Å². The Morgan fingerprint density at radius 2 is 1.82 bits per heavy atom. The summed E-state index contributed by atoms with van der Waals surface area (Å²) in [6.45, 7) is -0.0237. The molecule has 0 unspecified atom stereocenters. The maximum Gasteiger partial charge on any atom is 0.340 e. The molecule has 1 aliphatic carbocycles. The summed E-state index contributed by atoms with van der Waals surface area (Å²) in [6, 6.07) is 6.14. The fourth-order valence-electron chi connectivity index (χ4n) is 3.62. The molecule has 0 atom stereocenters. The van der Waals surface area contributed by atoms with Crippen molar-refractivity contribution in [2.24, 2.45) is 0 Å². The highest BCUT2D eigenvalue weighted by Crippen LogP contribution is 2.26. The van der Waals surface area contributed by atoms with Crippen LogP contribution in [0.4, 0.5) is 10.5 Å². The van der Waals surface area contributed by atoms with Crippen LogP contribution in [0.2, 0.25) is 0 Å². The predicted molar refractivity (Wildman–Crippen MR) is 102 cm³/mol. The fourth-order valence-corrected chi connectivity index (χ4v) is 3.62. The first-order chi connectivity index (χ1) is 13.5. The van der Waals surface area contributed by atoms with Gasteiger partial charge in [0.2, 0.25) is 5.91 Å². The largest absolute Gasteiger partial charge is 0.452 e. The molecule has 2 aliphatic rings. The Balaban J connectivity index is 1.50. The second-order valence-electron chi connectivity index (χ2n) is 7.10. The molecule has 4 amide bonds. The quantitative estimate of drug-likeness (QED) is 0.753. The molecule has 8 nitrogen and oxygen atoms in total. The Morgan fingerprint density at radius 3 is 2.54 bits per heavy atom. The highest BCUT2D eigenvalue weighted by molar-refractivity contribution is 6.04. The van der Waals surface area contributed by atoms with E-state index in [9.17, 15) is 19.2 Å². The number of para-hydroxylation sites is 1. The van der Waals surface area contributed by atoms with Gasteiger partial charge < -0.3 is 15.0 Å². The number of imide groups is 1. The molecule has 1 aliphatic heterocycles. The molecule has 1 aromatic rings. The average Bonchev–Trinajstić information content (AvgIpc) is 3.12. The molecular weight excluding hydrogens is 362 g/mol. The third-order valence-corrected chi connectivity index (χ3v) is 5.02. The van der Waals surface area contributed by atoms with Gasteiger partial charge in [-0.05, 0) is 31.4 Å². The highest BCUT2D eigenvalue weighted by atomic mass is 16.5. The Hall–Kier alpha value is -2.90. The highest BCUT2D eigenvalue weighted by Gasteiger charge is 2.26. The molecule has 1 saturated heterocycles. The monoisotopic (exact) mass is 387 g/mol. The van der Waals surface area contributed by atoms with Gasteiger partial charge in [-0.3, -0.25) is 14.9 Å². The standard InChI is InChI=1S/C20H25N3O5/c24-17(22-20(27)21-14-7-2-1-3-8-14)13-28-19(26)15-9-4-5-10-16(15)23-12-6-11-18(23)25/h4-5,9-10,14H,1-3,6-8,11-13H2,(H2,21,22,24,27). The van der Waals surface area contributed by atoms with E-state index < -0.39 is 24.5 Å². The Kier molecular flexibility index (Phi) is 6.62. The topological polar surface area (TPSA) is 105 Å². The molecule has 150 valence electrons. The molecule has 28 heavy (non-hydrogen) atoms. The van der Waals surface area contributed by atoms with E-state index in [-0.39, 0.29) is 17.5 Å². The smallest absolute Gasteiger partial charge is 0.340 e. The van der Waals surface area contributed by atoms with E-state index in [4.69, 9.17) is 4.74 Å². The van der Waals surface area contributed by atoms with Gasteiger partial charge in [-0.15, -0.1) is 0 Å². The summed E-state index contributed by atoms with van der Waals surface area (Å²) in [5, 5.41) is 4.94. The first kappa shape index (κ1) is 19.9. The molecule has 0 spiro atoms. The minimum Gasteiger partial charge on any atom is -0.452 e. The van der Waals surface area contributed by atoms with Crippen LogP contribution in [0.3, 0.4) is 0 Å². The molecule has 2 N–H and O–H groups in total. The van der Waals surface area contributed by atoms with Crippen molar-refractivity contribution < 1.29 is 23.9 Å². The lowest BCUT2D eigenvalue weighted by Gasteiger charge is -2.22. The summed E-state index contributed by atoms with van der Waals surface area (Å²) in [7, 11) is 0. The van der Waals surface area contributed by atoms with Gasteiger partial charge in [0.05, 0.1) is 11.3 Å². The number of carbonyl (C=O) groups excluding carboxylic acids is 4. The lowest BCUT2D eigenvalue weighted by molar-refractivity contribution is -0.123. The number of ether oxygens (including phenoxy) is 1. The number of esters is 1. The van der Waals surface area contributed by atoms with E-state index in [0.29, 0.717) is 18.7 Å². The van der Waals surface area contributed by atoms with Crippen molar-refractivity contribution in [1.29, 1.82) is 0 Å². The molecule has 2 fully saturated rings. The molecular formula is C20H25N3O5. The first-order valence-corrected chi connectivity index (χ1v) is 9.71. The Labute approximate surface area is 163 Å². The third-order valence-electron chi connectivity index (χ3n) is 5.02. The second-order valence-corrected chi connectivity index (χ2v) is 7.10. The number of benzene rings is 1. The van der Waals surface area contributed by atoms with Crippen molar-refractivity contribution in [3.05, 3.63) is 29.8 Å². The molecule has 1 saturated carbocycles. The van der Waals surface area contributed by atoms with Crippen LogP contribution in [0.25, 0.3) is 0 Å². The lowest BCUT2D eigenvalue weighted by Crippen LogP contribution is -2.46. The van der Waals surface area contributed by atoms with E-state index in [2.05, 4.69) is 10.6 Å². The minimum absolute atomic E-state index is 0.0441. The Morgan fingerprint density at radius 1 is 1.07 bits per heavy atom. The summed E-state index contributed by atoms with van der Waals surface area (Å²) in [5.41, 5.74) is 0.697.